The van der Waals surface area contributed by atoms with Crippen molar-refractivity contribution in [3.8, 4) is 0 Å². The normalized spacial score (nSPS) is 51.5. The fourth-order valence-corrected chi connectivity index (χ4v) is 7.02. The van der Waals surface area contributed by atoms with Gasteiger partial charge in [0.25, 0.3) is 5.91 Å². The van der Waals surface area contributed by atoms with E-state index in [0.717, 1.165) is 17.0 Å². The van der Waals surface area contributed by atoms with Crippen LogP contribution in [0.4, 0.5) is 0 Å². The highest BCUT2D eigenvalue weighted by Crippen LogP contribution is 2.69. The molecule has 2 aliphatic heterocycles. The Hall–Kier alpha value is -1.35. The number of hydrogen-bond donors (Lipinski definition) is 1. The number of hydrogen-bond acceptors (Lipinski definition) is 2. The number of carbonyl (C=O) groups excluding carboxylic acids is 1. The zero-order valence-corrected chi connectivity index (χ0v) is 11.9. The average Bonchev–Trinajstić information content (AvgIpc) is 2.84. The van der Waals surface area contributed by atoms with E-state index in [4.69, 9.17) is 0 Å². The largest absolute Gasteiger partial charge is 0.366 e. The number of rotatable bonds is 0. The third-order valence-electron chi connectivity index (χ3n) is 7.28. The Morgan fingerprint density at radius 1 is 1.10 bits per heavy atom. The van der Waals surface area contributed by atoms with E-state index in [1.807, 2.05) is 29.2 Å². The first-order valence-electron chi connectivity index (χ1n) is 8.35. The summed E-state index contributed by atoms with van der Waals surface area (Å²) in [6.45, 7) is 0. The molecule has 7 rings (SSSR count). The molecule has 1 saturated heterocycles. The molecule has 2 heterocycles. The molecule has 1 N–H and O–H groups in total. The van der Waals surface area contributed by atoms with Crippen LogP contribution >= 0.6 is 0 Å². The van der Waals surface area contributed by atoms with Gasteiger partial charge in [0, 0.05) is 23.1 Å². The van der Waals surface area contributed by atoms with Crippen molar-refractivity contribution in [1.82, 2.24) is 4.90 Å². The fraction of sp³-hybridized carbons (Fsp3) is 0.611. The molecule has 5 fully saturated rings. The zero-order chi connectivity index (χ0) is 13.9. The van der Waals surface area contributed by atoms with Crippen LogP contribution in [0, 0.1) is 29.6 Å². The molecular formula is C18H19NO2. The van der Waals surface area contributed by atoms with Crippen LogP contribution in [0.15, 0.2) is 24.3 Å². The van der Waals surface area contributed by atoms with Crippen molar-refractivity contribution in [2.24, 2.45) is 29.6 Å². The van der Waals surface area contributed by atoms with Crippen LogP contribution < -0.4 is 0 Å². The summed E-state index contributed by atoms with van der Waals surface area (Å²) in [5.41, 5.74) is 0.627. The molecule has 21 heavy (non-hydrogen) atoms. The Morgan fingerprint density at radius 2 is 1.90 bits per heavy atom. The highest BCUT2D eigenvalue weighted by Gasteiger charge is 2.72. The lowest BCUT2D eigenvalue weighted by molar-refractivity contribution is -0.119. The van der Waals surface area contributed by atoms with Crippen LogP contribution in [-0.4, -0.2) is 22.0 Å². The molecule has 7 atom stereocenters. The summed E-state index contributed by atoms with van der Waals surface area (Å²) < 4.78 is 0. The van der Waals surface area contributed by atoms with Gasteiger partial charge in [-0.2, -0.15) is 0 Å². The molecule has 4 saturated carbocycles. The van der Waals surface area contributed by atoms with Crippen molar-refractivity contribution in [1.29, 1.82) is 0 Å². The van der Waals surface area contributed by atoms with E-state index in [0.29, 0.717) is 23.8 Å². The monoisotopic (exact) mass is 281 g/mol. The molecule has 6 bridgehead atoms. The van der Waals surface area contributed by atoms with Crippen LogP contribution in [0.2, 0.25) is 0 Å². The standard InChI is InChI=1S/C18H19NO2/c20-17-12-3-1-2-4-14(12)18(21)15-10-5-9-6-11(8-10)16(19(17)18)13(15)7-9/h1-4,9-11,13,15-16,21H,5-8H2/t9-,10+,11-,13+,15-,16?,18-/m0/s1. The topological polar surface area (TPSA) is 40.5 Å². The number of carbonyl (C=O) groups is 1. The first-order chi connectivity index (χ1) is 10.2. The van der Waals surface area contributed by atoms with E-state index < -0.39 is 5.72 Å². The Morgan fingerprint density at radius 3 is 2.81 bits per heavy atom. The molecule has 108 valence electrons. The minimum absolute atomic E-state index is 0.0802. The first-order valence-corrected chi connectivity index (χ1v) is 8.35. The Balaban J connectivity index is 1.64. The van der Waals surface area contributed by atoms with Crippen molar-refractivity contribution in [2.45, 2.75) is 37.5 Å². The lowest BCUT2D eigenvalue weighted by Gasteiger charge is -2.54. The van der Waals surface area contributed by atoms with Crippen LogP contribution in [0.1, 0.15) is 41.6 Å². The van der Waals surface area contributed by atoms with Gasteiger partial charge in [-0.1, -0.05) is 18.2 Å². The van der Waals surface area contributed by atoms with E-state index in [9.17, 15) is 9.90 Å². The van der Waals surface area contributed by atoms with Gasteiger partial charge in [-0.05, 0) is 55.4 Å². The lowest BCUT2D eigenvalue weighted by atomic mass is 9.50. The van der Waals surface area contributed by atoms with Crippen molar-refractivity contribution >= 4 is 5.91 Å². The van der Waals surface area contributed by atoms with Crippen LogP contribution in [0.5, 0.6) is 0 Å². The predicted octanol–water partition coefficient (Wildman–Crippen LogP) is 2.35. The van der Waals surface area contributed by atoms with E-state index in [-0.39, 0.29) is 11.8 Å². The minimum Gasteiger partial charge on any atom is -0.366 e. The van der Waals surface area contributed by atoms with Gasteiger partial charge in [0.15, 0.2) is 5.72 Å². The predicted molar refractivity (Wildman–Crippen MR) is 76.2 cm³/mol. The quantitative estimate of drug-likeness (QED) is 0.793. The minimum atomic E-state index is -1.00. The van der Waals surface area contributed by atoms with Gasteiger partial charge in [-0.25, -0.2) is 0 Å². The van der Waals surface area contributed by atoms with Gasteiger partial charge in [-0.3, -0.25) is 4.79 Å². The molecular weight excluding hydrogens is 262 g/mol. The molecule has 4 aliphatic carbocycles. The summed E-state index contributed by atoms with van der Waals surface area (Å²) in [5, 5.41) is 11.7. The maximum absolute atomic E-state index is 12.9. The molecule has 1 aromatic carbocycles. The molecule has 6 aliphatic rings. The van der Waals surface area contributed by atoms with Gasteiger partial charge in [0.05, 0.1) is 0 Å². The molecule has 1 unspecified atom stereocenters. The highest BCUT2D eigenvalue weighted by molar-refractivity contribution is 6.00. The van der Waals surface area contributed by atoms with Crippen molar-refractivity contribution in [3.05, 3.63) is 35.4 Å². The maximum Gasteiger partial charge on any atom is 0.257 e. The van der Waals surface area contributed by atoms with Gasteiger partial charge < -0.3 is 10.0 Å². The number of nitrogens with zero attached hydrogens (tertiary/aromatic N) is 1. The van der Waals surface area contributed by atoms with Crippen molar-refractivity contribution < 1.29 is 9.90 Å². The number of amides is 1. The number of aliphatic hydroxyl groups is 1. The van der Waals surface area contributed by atoms with Crippen LogP contribution in [-0.2, 0) is 5.72 Å². The molecule has 3 nitrogen and oxygen atoms in total. The average molecular weight is 281 g/mol. The van der Waals surface area contributed by atoms with E-state index in [1.54, 1.807) is 0 Å². The van der Waals surface area contributed by atoms with Gasteiger partial charge in [-0.15, -0.1) is 0 Å². The molecule has 0 aromatic heterocycles. The lowest BCUT2D eigenvalue weighted by Crippen LogP contribution is -2.52. The maximum atomic E-state index is 12.9. The summed E-state index contributed by atoms with van der Waals surface area (Å²) in [6, 6.07) is 8.05. The number of benzene rings is 1. The molecule has 1 amide bonds. The summed E-state index contributed by atoms with van der Waals surface area (Å²) in [4.78, 5) is 14.9. The highest BCUT2D eigenvalue weighted by atomic mass is 16.3. The second kappa shape index (κ2) is 3.19. The Kier molecular flexibility index (Phi) is 1.71. The molecule has 3 heteroatoms. The molecule has 0 spiro atoms. The summed E-state index contributed by atoms with van der Waals surface area (Å²) in [5.74, 6) is 3.03. The van der Waals surface area contributed by atoms with Gasteiger partial charge >= 0.3 is 0 Å². The van der Waals surface area contributed by atoms with E-state index in [2.05, 4.69) is 0 Å². The summed E-state index contributed by atoms with van der Waals surface area (Å²) in [7, 11) is 0. The third-order valence-corrected chi connectivity index (χ3v) is 7.28. The summed E-state index contributed by atoms with van der Waals surface area (Å²) >= 11 is 0. The van der Waals surface area contributed by atoms with E-state index in [1.165, 1.54) is 25.7 Å². The summed E-state index contributed by atoms with van der Waals surface area (Å²) in [6.07, 6.45) is 5.02. The van der Waals surface area contributed by atoms with Gasteiger partial charge in [0.2, 0.25) is 0 Å². The third kappa shape index (κ3) is 1.01. The second-order valence-corrected chi connectivity index (χ2v) is 7.96. The van der Waals surface area contributed by atoms with Crippen LogP contribution in [0.25, 0.3) is 0 Å². The zero-order valence-electron chi connectivity index (χ0n) is 11.9. The molecule has 0 radical (unpaired) electrons. The van der Waals surface area contributed by atoms with Crippen molar-refractivity contribution in [3.63, 3.8) is 0 Å². The first kappa shape index (κ1) is 11.2. The van der Waals surface area contributed by atoms with Crippen LogP contribution in [0.3, 0.4) is 0 Å². The smallest absolute Gasteiger partial charge is 0.257 e. The fourth-order valence-electron chi connectivity index (χ4n) is 7.02. The SMILES string of the molecule is O=C1c2ccccc2[C@]2(O)[C@H]3[C@@H]4C[C@H]5C[C@@H](C4)C([C@@H]3C5)N12. The number of fused-ring (bicyclic) bond motifs is 3. The second-order valence-electron chi connectivity index (χ2n) is 7.96. The Labute approximate surface area is 123 Å². The Bertz CT molecular complexity index is 686. The van der Waals surface area contributed by atoms with Gasteiger partial charge in [0.1, 0.15) is 0 Å². The van der Waals surface area contributed by atoms with Crippen molar-refractivity contribution in [2.75, 3.05) is 0 Å². The molecule has 1 aromatic rings. The van der Waals surface area contributed by atoms with E-state index >= 15 is 0 Å².